The number of aromatic nitrogens is 1. The zero-order valence-corrected chi connectivity index (χ0v) is 15.8. The first-order chi connectivity index (χ1) is 13.6. The largest absolute Gasteiger partial charge is 0.440 e. The summed E-state index contributed by atoms with van der Waals surface area (Å²) in [5.74, 6) is 0.908. The number of anilines is 1. The van der Waals surface area contributed by atoms with Crippen LogP contribution in [0.15, 0.2) is 59.0 Å². The molecule has 28 heavy (non-hydrogen) atoms. The van der Waals surface area contributed by atoms with Gasteiger partial charge in [0.05, 0.1) is 17.8 Å². The molecule has 1 amide bonds. The van der Waals surface area contributed by atoms with Crippen LogP contribution in [0.5, 0.6) is 0 Å². The molecule has 0 N–H and O–H groups in total. The fourth-order valence-electron chi connectivity index (χ4n) is 3.45. The summed E-state index contributed by atoms with van der Waals surface area (Å²) >= 11 is 0. The van der Waals surface area contributed by atoms with Crippen LogP contribution in [-0.2, 0) is 11.2 Å². The summed E-state index contributed by atoms with van der Waals surface area (Å²) < 4.78 is 19.8. The highest BCUT2D eigenvalue weighted by molar-refractivity contribution is 5.79. The Balaban J connectivity index is 1.39. The molecule has 0 radical (unpaired) electrons. The second-order valence-corrected chi connectivity index (χ2v) is 6.89. The Kier molecular flexibility index (Phi) is 5.10. The van der Waals surface area contributed by atoms with Crippen molar-refractivity contribution in [3.05, 3.63) is 71.9 Å². The lowest BCUT2D eigenvalue weighted by molar-refractivity contribution is -0.131. The average Bonchev–Trinajstić information content (AvgIpc) is 3.09. The van der Waals surface area contributed by atoms with Crippen molar-refractivity contribution < 1.29 is 13.6 Å². The van der Waals surface area contributed by atoms with Gasteiger partial charge in [0.15, 0.2) is 0 Å². The Bertz CT molecular complexity index is 963. The molecular formula is C22H22FN3O2. The van der Waals surface area contributed by atoms with Gasteiger partial charge < -0.3 is 14.2 Å². The lowest BCUT2D eigenvalue weighted by Crippen LogP contribution is -2.49. The fourth-order valence-corrected chi connectivity index (χ4v) is 3.45. The zero-order valence-electron chi connectivity index (χ0n) is 15.8. The van der Waals surface area contributed by atoms with Crippen molar-refractivity contribution in [2.75, 3.05) is 31.1 Å². The SMILES string of the molecule is Cc1nc(-c2ccccc2)oc1CC(=O)N1CCN(c2ccccc2F)CC1. The van der Waals surface area contributed by atoms with Gasteiger partial charge in [-0.15, -0.1) is 0 Å². The van der Waals surface area contributed by atoms with E-state index in [4.69, 9.17) is 4.42 Å². The number of amides is 1. The molecule has 0 atom stereocenters. The van der Waals surface area contributed by atoms with Crippen LogP contribution < -0.4 is 4.90 Å². The van der Waals surface area contributed by atoms with E-state index >= 15 is 0 Å². The van der Waals surface area contributed by atoms with Crippen molar-refractivity contribution >= 4 is 11.6 Å². The number of halogens is 1. The van der Waals surface area contributed by atoms with E-state index in [9.17, 15) is 9.18 Å². The molecule has 1 aromatic heterocycles. The molecule has 0 unspecified atom stereocenters. The normalized spacial score (nSPS) is 14.4. The molecule has 0 saturated carbocycles. The molecule has 2 aromatic carbocycles. The van der Waals surface area contributed by atoms with Crippen molar-refractivity contribution in [2.24, 2.45) is 0 Å². The third kappa shape index (κ3) is 3.76. The molecule has 1 saturated heterocycles. The van der Waals surface area contributed by atoms with E-state index in [1.165, 1.54) is 6.07 Å². The van der Waals surface area contributed by atoms with Gasteiger partial charge >= 0.3 is 0 Å². The summed E-state index contributed by atoms with van der Waals surface area (Å²) in [7, 11) is 0. The Morgan fingerprint density at radius 2 is 1.71 bits per heavy atom. The second-order valence-electron chi connectivity index (χ2n) is 6.89. The molecule has 0 bridgehead atoms. The Labute approximate surface area is 163 Å². The monoisotopic (exact) mass is 379 g/mol. The van der Waals surface area contributed by atoms with Crippen molar-refractivity contribution in [1.29, 1.82) is 0 Å². The van der Waals surface area contributed by atoms with Gasteiger partial charge in [-0.3, -0.25) is 4.79 Å². The van der Waals surface area contributed by atoms with E-state index in [0.717, 1.165) is 11.3 Å². The molecule has 1 aliphatic heterocycles. The van der Waals surface area contributed by atoms with E-state index in [1.807, 2.05) is 53.1 Å². The molecule has 3 aromatic rings. The highest BCUT2D eigenvalue weighted by Crippen LogP contribution is 2.23. The van der Waals surface area contributed by atoms with Gasteiger partial charge in [-0.05, 0) is 31.2 Å². The first-order valence-corrected chi connectivity index (χ1v) is 9.41. The maximum absolute atomic E-state index is 14.0. The average molecular weight is 379 g/mol. The number of carbonyl (C=O) groups excluding carboxylic acids is 1. The van der Waals surface area contributed by atoms with E-state index in [-0.39, 0.29) is 18.1 Å². The molecular weight excluding hydrogens is 357 g/mol. The van der Waals surface area contributed by atoms with Crippen LogP contribution in [0, 0.1) is 12.7 Å². The maximum atomic E-state index is 14.0. The summed E-state index contributed by atoms with van der Waals surface area (Å²) in [6.07, 6.45) is 0.186. The van der Waals surface area contributed by atoms with Crippen molar-refractivity contribution in [1.82, 2.24) is 9.88 Å². The van der Waals surface area contributed by atoms with Crippen molar-refractivity contribution in [3.8, 4) is 11.5 Å². The molecule has 1 aliphatic rings. The predicted molar refractivity (Wildman–Crippen MR) is 106 cm³/mol. The number of hydrogen-bond acceptors (Lipinski definition) is 4. The number of piperazine rings is 1. The Hall–Kier alpha value is -3.15. The van der Waals surface area contributed by atoms with Crippen LogP contribution in [-0.4, -0.2) is 42.0 Å². The first kappa shape index (κ1) is 18.2. The lowest BCUT2D eigenvalue weighted by Gasteiger charge is -2.36. The molecule has 144 valence electrons. The number of para-hydroxylation sites is 1. The minimum absolute atomic E-state index is 0.00652. The number of aryl methyl sites for hydroxylation is 1. The van der Waals surface area contributed by atoms with Crippen LogP contribution in [0.1, 0.15) is 11.5 Å². The quantitative estimate of drug-likeness (QED) is 0.694. The zero-order chi connectivity index (χ0) is 19.5. The van der Waals surface area contributed by atoms with Crippen molar-refractivity contribution in [2.45, 2.75) is 13.3 Å². The van der Waals surface area contributed by atoms with Gasteiger partial charge in [-0.25, -0.2) is 9.37 Å². The molecule has 4 rings (SSSR count). The summed E-state index contributed by atoms with van der Waals surface area (Å²) in [4.78, 5) is 21.0. The number of oxazole rings is 1. The lowest BCUT2D eigenvalue weighted by atomic mass is 10.2. The molecule has 5 nitrogen and oxygen atoms in total. The van der Waals surface area contributed by atoms with Crippen LogP contribution >= 0.6 is 0 Å². The first-order valence-electron chi connectivity index (χ1n) is 9.41. The van der Waals surface area contributed by atoms with Gasteiger partial charge in [-0.1, -0.05) is 30.3 Å². The number of hydrogen-bond donors (Lipinski definition) is 0. The highest BCUT2D eigenvalue weighted by atomic mass is 19.1. The smallest absolute Gasteiger partial charge is 0.230 e. The Morgan fingerprint density at radius 3 is 2.43 bits per heavy atom. The minimum Gasteiger partial charge on any atom is -0.440 e. The minimum atomic E-state index is -0.229. The number of rotatable bonds is 4. The topological polar surface area (TPSA) is 49.6 Å². The molecule has 0 aliphatic carbocycles. The molecule has 0 spiro atoms. The number of nitrogens with zero attached hydrogens (tertiary/aromatic N) is 3. The van der Waals surface area contributed by atoms with Gasteiger partial charge in [0.2, 0.25) is 11.8 Å². The second kappa shape index (κ2) is 7.84. The van der Waals surface area contributed by atoms with E-state index < -0.39 is 0 Å². The fraction of sp³-hybridized carbons (Fsp3) is 0.273. The Morgan fingerprint density at radius 1 is 1.04 bits per heavy atom. The predicted octanol–water partition coefficient (Wildman–Crippen LogP) is 3.68. The standard InChI is InChI=1S/C22H22FN3O2/c1-16-20(28-22(24-16)17-7-3-2-4-8-17)15-21(27)26-13-11-25(12-14-26)19-10-6-5-9-18(19)23/h2-10H,11-15H2,1H3. The third-order valence-electron chi connectivity index (χ3n) is 5.05. The van der Waals surface area contributed by atoms with Crippen LogP contribution in [0.3, 0.4) is 0 Å². The van der Waals surface area contributed by atoms with E-state index in [1.54, 1.807) is 12.1 Å². The number of benzene rings is 2. The summed E-state index contributed by atoms with van der Waals surface area (Å²) in [5, 5.41) is 0. The van der Waals surface area contributed by atoms with Gasteiger partial charge in [0.1, 0.15) is 11.6 Å². The van der Waals surface area contributed by atoms with Gasteiger partial charge in [0, 0.05) is 31.7 Å². The van der Waals surface area contributed by atoms with Crippen LogP contribution in [0.25, 0.3) is 11.5 Å². The van der Waals surface area contributed by atoms with E-state index in [2.05, 4.69) is 4.98 Å². The summed E-state index contributed by atoms with van der Waals surface area (Å²) in [5.41, 5.74) is 2.22. The van der Waals surface area contributed by atoms with Crippen LogP contribution in [0.2, 0.25) is 0 Å². The third-order valence-corrected chi connectivity index (χ3v) is 5.05. The maximum Gasteiger partial charge on any atom is 0.230 e. The molecule has 6 heteroatoms. The summed E-state index contributed by atoms with van der Waals surface area (Å²) in [6, 6.07) is 16.4. The highest BCUT2D eigenvalue weighted by Gasteiger charge is 2.24. The van der Waals surface area contributed by atoms with Crippen molar-refractivity contribution in [3.63, 3.8) is 0 Å². The number of carbonyl (C=O) groups is 1. The van der Waals surface area contributed by atoms with E-state index in [0.29, 0.717) is 43.5 Å². The van der Waals surface area contributed by atoms with Crippen LogP contribution in [0.4, 0.5) is 10.1 Å². The van der Waals surface area contributed by atoms with Gasteiger partial charge in [-0.2, -0.15) is 0 Å². The molecule has 2 heterocycles. The molecule has 1 fully saturated rings. The van der Waals surface area contributed by atoms with Gasteiger partial charge in [0.25, 0.3) is 0 Å². The summed E-state index contributed by atoms with van der Waals surface area (Å²) in [6.45, 7) is 4.20.